The summed E-state index contributed by atoms with van der Waals surface area (Å²) < 4.78 is 10.4. The number of Topliss-reactive ketones (excluding diaryl/α,β-unsaturated/α-hetero) is 1. The van der Waals surface area contributed by atoms with Gasteiger partial charge in [-0.1, -0.05) is 0 Å². The molecule has 0 spiro atoms. The summed E-state index contributed by atoms with van der Waals surface area (Å²) in [6, 6.07) is 3.63. The van der Waals surface area contributed by atoms with E-state index in [1.54, 1.807) is 20.3 Å². The van der Waals surface area contributed by atoms with Crippen molar-refractivity contribution in [1.82, 2.24) is 5.32 Å². The summed E-state index contributed by atoms with van der Waals surface area (Å²) in [6.07, 6.45) is -0.0997. The minimum atomic E-state index is -0.287. The number of ether oxygens (including phenoxy) is 2. The first-order chi connectivity index (χ1) is 8.97. The van der Waals surface area contributed by atoms with Gasteiger partial charge in [0.05, 0.1) is 20.6 Å². The molecule has 0 fully saturated rings. The van der Waals surface area contributed by atoms with E-state index in [0.29, 0.717) is 18.0 Å². The molecule has 5 heteroatoms. The first-order valence-corrected chi connectivity index (χ1v) is 5.95. The monoisotopic (exact) mass is 265 g/mol. The summed E-state index contributed by atoms with van der Waals surface area (Å²) in [6.45, 7) is 3.63. The van der Waals surface area contributed by atoms with Crippen LogP contribution in [-0.2, 0) is 16.1 Å². The van der Waals surface area contributed by atoms with Gasteiger partial charge >= 0.3 is 0 Å². The van der Waals surface area contributed by atoms with E-state index in [-0.39, 0.29) is 18.1 Å². The minimum Gasteiger partial charge on any atom is -0.497 e. The zero-order valence-corrected chi connectivity index (χ0v) is 11.7. The number of rotatable bonds is 6. The van der Waals surface area contributed by atoms with Gasteiger partial charge in [-0.2, -0.15) is 0 Å². The molecular weight excluding hydrogens is 246 g/mol. The highest BCUT2D eigenvalue weighted by atomic mass is 16.5. The van der Waals surface area contributed by atoms with Gasteiger partial charge in [-0.3, -0.25) is 9.59 Å². The van der Waals surface area contributed by atoms with E-state index in [1.165, 1.54) is 6.92 Å². The van der Waals surface area contributed by atoms with E-state index >= 15 is 0 Å². The van der Waals surface area contributed by atoms with Crippen molar-refractivity contribution in [2.45, 2.75) is 26.8 Å². The third kappa shape index (κ3) is 4.28. The van der Waals surface area contributed by atoms with Crippen molar-refractivity contribution in [2.24, 2.45) is 0 Å². The summed E-state index contributed by atoms with van der Waals surface area (Å²) in [5.74, 6) is 0.911. The Kier molecular flexibility index (Phi) is 5.36. The summed E-state index contributed by atoms with van der Waals surface area (Å²) >= 11 is 0. The third-order valence-corrected chi connectivity index (χ3v) is 2.73. The van der Waals surface area contributed by atoms with Crippen LogP contribution in [0.25, 0.3) is 0 Å². The van der Waals surface area contributed by atoms with Crippen LogP contribution in [0.1, 0.15) is 24.5 Å². The lowest BCUT2D eigenvalue weighted by Gasteiger charge is -2.14. The number of nitrogens with one attached hydrogen (secondary N) is 1. The lowest BCUT2D eigenvalue weighted by atomic mass is 10.1. The summed E-state index contributed by atoms with van der Waals surface area (Å²) in [4.78, 5) is 22.3. The quantitative estimate of drug-likeness (QED) is 0.794. The predicted molar refractivity (Wildman–Crippen MR) is 71.4 cm³/mol. The molecular formula is C14H19NO4. The van der Waals surface area contributed by atoms with Gasteiger partial charge in [0.25, 0.3) is 0 Å². The molecule has 0 atom stereocenters. The van der Waals surface area contributed by atoms with E-state index in [2.05, 4.69) is 5.32 Å². The molecule has 0 heterocycles. The number of aryl methyl sites for hydroxylation is 1. The molecule has 0 saturated heterocycles. The number of benzene rings is 1. The zero-order valence-electron chi connectivity index (χ0n) is 11.7. The lowest BCUT2D eigenvalue weighted by Crippen LogP contribution is -2.25. The molecule has 1 amide bonds. The van der Waals surface area contributed by atoms with Crippen LogP contribution >= 0.6 is 0 Å². The topological polar surface area (TPSA) is 64.6 Å². The molecule has 1 aromatic carbocycles. The smallest absolute Gasteiger partial charge is 0.227 e. The van der Waals surface area contributed by atoms with Crippen molar-refractivity contribution in [3.05, 3.63) is 23.3 Å². The highest BCUT2D eigenvalue weighted by Gasteiger charge is 2.11. The molecule has 0 aliphatic heterocycles. The number of hydrogen-bond donors (Lipinski definition) is 1. The van der Waals surface area contributed by atoms with E-state index in [4.69, 9.17) is 9.47 Å². The molecule has 0 aromatic heterocycles. The first kappa shape index (κ1) is 15.0. The van der Waals surface area contributed by atoms with Crippen LogP contribution in [-0.4, -0.2) is 25.9 Å². The van der Waals surface area contributed by atoms with Crippen molar-refractivity contribution in [1.29, 1.82) is 0 Å². The Bertz CT molecular complexity index is 483. The van der Waals surface area contributed by atoms with Gasteiger partial charge in [-0.05, 0) is 25.5 Å². The maximum Gasteiger partial charge on any atom is 0.227 e. The van der Waals surface area contributed by atoms with Gasteiger partial charge in [0, 0.05) is 18.2 Å². The second-order valence-corrected chi connectivity index (χ2v) is 4.28. The highest BCUT2D eigenvalue weighted by Crippen LogP contribution is 2.28. The van der Waals surface area contributed by atoms with Gasteiger partial charge in [0.2, 0.25) is 5.91 Å². The van der Waals surface area contributed by atoms with Crippen molar-refractivity contribution in [3.8, 4) is 11.5 Å². The Labute approximate surface area is 112 Å². The lowest BCUT2D eigenvalue weighted by molar-refractivity contribution is -0.127. The Morgan fingerprint density at radius 3 is 2.42 bits per heavy atom. The first-order valence-electron chi connectivity index (χ1n) is 5.95. The fourth-order valence-corrected chi connectivity index (χ4v) is 1.75. The normalized spacial score (nSPS) is 9.89. The van der Waals surface area contributed by atoms with Crippen molar-refractivity contribution < 1.29 is 19.1 Å². The van der Waals surface area contributed by atoms with Crippen LogP contribution in [0, 0.1) is 6.92 Å². The molecule has 1 N–H and O–H groups in total. The van der Waals surface area contributed by atoms with Crippen molar-refractivity contribution in [2.75, 3.05) is 14.2 Å². The van der Waals surface area contributed by atoms with Crippen molar-refractivity contribution >= 4 is 11.7 Å². The van der Waals surface area contributed by atoms with Gasteiger partial charge in [0.1, 0.15) is 17.3 Å². The van der Waals surface area contributed by atoms with Gasteiger partial charge in [-0.15, -0.1) is 0 Å². The van der Waals surface area contributed by atoms with Gasteiger partial charge in [0.15, 0.2) is 0 Å². The molecule has 0 aliphatic carbocycles. The molecule has 0 unspecified atom stereocenters. The largest absolute Gasteiger partial charge is 0.497 e. The number of carbonyl (C=O) groups excluding carboxylic acids is 2. The van der Waals surface area contributed by atoms with E-state index in [0.717, 1.165) is 11.1 Å². The molecule has 0 radical (unpaired) electrons. The van der Waals surface area contributed by atoms with Crippen molar-refractivity contribution in [3.63, 3.8) is 0 Å². The van der Waals surface area contributed by atoms with Crippen LogP contribution in [0.4, 0.5) is 0 Å². The van der Waals surface area contributed by atoms with Crippen LogP contribution in [0.5, 0.6) is 11.5 Å². The number of amides is 1. The second kappa shape index (κ2) is 6.78. The number of hydrogen-bond acceptors (Lipinski definition) is 4. The van der Waals surface area contributed by atoms with Crippen LogP contribution in [0.2, 0.25) is 0 Å². The molecule has 1 aromatic rings. The maximum atomic E-state index is 11.5. The molecule has 19 heavy (non-hydrogen) atoms. The SMILES string of the molecule is COc1cc(C)c(CNC(=O)CC(C)=O)c(OC)c1. The fourth-order valence-electron chi connectivity index (χ4n) is 1.75. The van der Waals surface area contributed by atoms with E-state index in [9.17, 15) is 9.59 Å². The third-order valence-electron chi connectivity index (χ3n) is 2.73. The summed E-state index contributed by atoms with van der Waals surface area (Å²) in [5.41, 5.74) is 1.83. The Morgan fingerprint density at radius 2 is 1.89 bits per heavy atom. The molecule has 1 rings (SSSR count). The Hall–Kier alpha value is -2.04. The van der Waals surface area contributed by atoms with Crippen LogP contribution in [0.15, 0.2) is 12.1 Å². The zero-order chi connectivity index (χ0) is 14.4. The molecule has 0 bridgehead atoms. The number of methoxy groups -OCH3 is 2. The molecule has 0 aliphatic rings. The molecule has 5 nitrogen and oxygen atoms in total. The number of carbonyl (C=O) groups is 2. The summed E-state index contributed by atoms with van der Waals surface area (Å²) in [5, 5.41) is 2.70. The van der Waals surface area contributed by atoms with E-state index < -0.39 is 0 Å². The average molecular weight is 265 g/mol. The molecule has 0 saturated carbocycles. The van der Waals surface area contributed by atoms with Gasteiger partial charge < -0.3 is 14.8 Å². The predicted octanol–water partition coefficient (Wildman–Crippen LogP) is 1.61. The maximum absolute atomic E-state index is 11.5. The minimum absolute atomic E-state index is 0.0997. The number of ketones is 1. The average Bonchev–Trinajstić information content (AvgIpc) is 2.35. The Balaban J connectivity index is 2.83. The molecule has 104 valence electrons. The standard InChI is InChI=1S/C14H19NO4/c1-9-5-11(18-3)7-13(19-4)12(9)8-15-14(17)6-10(2)16/h5,7H,6,8H2,1-4H3,(H,15,17). The fraction of sp³-hybridized carbons (Fsp3) is 0.429. The van der Waals surface area contributed by atoms with E-state index in [1.807, 2.05) is 13.0 Å². The highest BCUT2D eigenvalue weighted by molar-refractivity contribution is 5.96. The van der Waals surface area contributed by atoms with Crippen LogP contribution < -0.4 is 14.8 Å². The second-order valence-electron chi connectivity index (χ2n) is 4.28. The van der Waals surface area contributed by atoms with Gasteiger partial charge in [-0.25, -0.2) is 0 Å². The van der Waals surface area contributed by atoms with Crippen LogP contribution in [0.3, 0.4) is 0 Å². The Morgan fingerprint density at radius 1 is 1.21 bits per heavy atom. The summed E-state index contributed by atoms with van der Waals surface area (Å²) in [7, 11) is 3.15.